The van der Waals surface area contributed by atoms with Gasteiger partial charge in [-0.05, 0) is 38.1 Å². The number of benzene rings is 2. The summed E-state index contributed by atoms with van der Waals surface area (Å²) < 4.78 is 39.7. The molecule has 0 fully saturated rings. The molecule has 31 heavy (non-hydrogen) atoms. The first-order valence-corrected chi connectivity index (χ1v) is 10.3. The molecule has 0 radical (unpaired) electrons. The number of nitrogens with zero attached hydrogens (tertiary/aromatic N) is 3. The zero-order valence-corrected chi connectivity index (χ0v) is 18.2. The molecule has 0 aliphatic heterocycles. The van der Waals surface area contributed by atoms with Gasteiger partial charge in [-0.2, -0.15) is 0 Å². The van der Waals surface area contributed by atoms with E-state index in [0.717, 1.165) is 17.8 Å². The molecule has 0 bridgehead atoms. The minimum Gasteiger partial charge on any atom is -0.497 e. The van der Waals surface area contributed by atoms with Crippen molar-refractivity contribution in [3.05, 3.63) is 59.9 Å². The van der Waals surface area contributed by atoms with Crippen LogP contribution in [-0.4, -0.2) is 33.0 Å². The van der Waals surface area contributed by atoms with Crippen molar-refractivity contribution in [2.24, 2.45) is 7.05 Å². The molecular formula is C21H22F2N4O3S. The van der Waals surface area contributed by atoms with Gasteiger partial charge in [-0.25, -0.2) is 8.78 Å². The third-order valence-electron chi connectivity index (χ3n) is 4.43. The van der Waals surface area contributed by atoms with Gasteiger partial charge in [0.2, 0.25) is 5.91 Å². The number of amides is 1. The Labute approximate surface area is 182 Å². The number of halogens is 2. The van der Waals surface area contributed by atoms with Crippen LogP contribution < -0.4 is 14.8 Å². The highest BCUT2D eigenvalue weighted by Crippen LogP contribution is 2.28. The number of thioether (sulfide) groups is 1. The number of carbonyl (C=O) groups excluding carboxylic acids is 1. The number of aromatic nitrogens is 3. The monoisotopic (exact) mass is 448 g/mol. The second kappa shape index (κ2) is 9.78. The maximum absolute atomic E-state index is 13.8. The van der Waals surface area contributed by atoms with Crippen LogP contribution in [0.1, 0.15) is 25.8 Å². The predicted molar refractivity (Wildman–Crippen MR) is 113 cm³/mol. The molecule has 0 aliphatic carbocycles. The van der Waals surface area contributed by atoms with Gasteiger partial charge in [0, 0.05) is 19.2 Å². The molecule has 2 unspecified atom stereocenters. The lowest BCUT2D eigenvalue weighted by molar-refractivity contribution is -0.115. The predicted octanol–water partition coefficient (Wildman–Crippen LogP) is 4.36. The molecule has 2 aromatic carbocycles. The first-order valence-electron chi connectivity index (χ1n) is 9.41. The Bertz CT molecular complexity index is 1080. The van der Waals surface area contributed by atoms with Crippen LogP contribution in [0.2, 0.25) is 0 Å². The fourth-order valence-electron chi connectivity index (χ4n) is 2.75. The van der Waals surface area contributed by atoms with Crippen molar-refractivity contribution in [2.75, 3.05) is 12.4 Å². The summed E-state index contributed by atoms with van der Waals surface area (Å²) >= 11 is 1.16. The SMILES string of the molecule is COc1cccc(OC(C)c2nnc(SC(C)C(=O)Nc3ccc(F)cc3F)n2C)c1. The van der Waals surface area contributed by atoms with Crippen molar-refractivity contribution < 1.29 is 23.0 Å². The normalized spacial score (nSPS) is 12.8. The van der Waals surface area contributed by atoms with E-state index in [1.54, 1.807) is 31.7 Å². The van der Waals surface area contributed by atoms with Gasteiger partial charge in [0.25, 0.3) is 0 Å². The lowest BCUT2D eigenvalue weighted by Crippen LogP contribution is -2.23. The van der Waals surface area contributed by atoms with Crippen LogP contribution in [0.15, 0.2) is 47.6 Å². The average molecular weight is 448 g/mol. The molecule has 1 aromatic heterocycles. The standard InChI is InChI=1S/C21H22F2N4O3S/c1-12(30-16-7-5-6-15(11-16)29-4)19-25-26-21(27(19)3)31-13(2)20(28)24-18-9-8-14(22)10-17(18)23/h5-13H,1-4H3,(H,24,28). The second-order valence-electron chi connectivity index (χ2n) is 6.71. The van der Waals surface area contributed by atoms with E-state index in [9.17, 15) is 13.6 Å². The molecule has 3 rings (SSSR count). The zero-order valence-electron chi connectivity index (χ0n) is 17.4. The largest absolute Gasteiger partial charge is 0.497 e. The lowest BCUT2D eigenvalue weighted by atomic mass is 10.3. The number of carbonyl (C=O) groups is 1. The van der Waals surface area contributed by atoms with Crippen molar-refractivity contribution in [1.29, 1.82) is 0 Å². The molecule has 0 saturated heterocycles. The smallest absolute Gasteiger partial charge is 0.237 e. The quantitative estimate of drug-likeness (QED) is 0.516. The Hall–Kier alpha value is -3.14. The Morgan fingerprint density at radius 3 is 2.58 bits per heavy atom. The van der Waals surface area contributed by atoms with Crippen LogP contribution in [-0.2, 0) is 11.8 Å². The van der Waals surface area contributed by atoms with E-state index in [-0.39, 0.29) is 5.69 Å². The third-order valence-corrected chi connectivity index (χ3v) is 5.56. The van der Waals surface area contributed by atoms with Crippen LogP contribution in [0.25, 0.3) is 0 Å². The van der Waals surface area contributed by atoms with Gasteiger partial charge in [0.05, 0.1) is 18.0 Å². The number of hydrogen-bond acceptors (Lipinski definition) is 6. The van der Waals surface area contributed by atoms with Crippen molar-refractivity contribution in [3.63, 3.8) is 0 Å². The highest BCUT2D eigenvalue weighted by Gasteiger charge is 2.22. The molecule has 2 atom stereocenters. The van der Waals surface area contributed by atoms with Gasteiger partial charge < -0.3 is 19.4 Å². The average Bonchev–Trinajstić information content (AvgIpc) is 3.10. The first-order chi connectivity index (χ1) is 14.8. The summed E-state index contributed by atoms with van der Waals surface area (Å²) in [6, 6.07) is 10.2. The van der Waals surface area contributed by atoms with E-state index >= 15 is 0 Å². The molecule has 1 heterocycles. The summed E-state index contributed by atoms with van der Waals surface area (Å²) in [5.41, 5.74) is -0.0854. The summed E-state index contributed by atoms with van der Waals surface area (Å²) in [7, 11) is 3.35. The highest BCUT2D eigenvalue weighted by atomic mass is 32.2. The molecule has 7 nitrogen and oxygen atoms in total. The molecule has 0 aliphatic rings. The highest BCUT2D eigenvalue weighted by molar-refractivity contribution is 8.00. The third kappa shape index (κ3) is 5.52. The molecule has 1 amide bonds. The summed E-state index contributed by atoms with van der Waals surface area (Å²) in [6.07, 6.45) is -0.406. The lowest BCUT2D eigenvalue weighted by Gasteiger charge is -2.15. The maximum atomic E-state index is 13.8. The Balaban J connectivity index is 1.65. The molecule has 164 valence electrons. The number of ether oxygens (including phenoxy) is 2. The molecule has 3 aromatic rings. The number of anilines is 1. The molecular weight excluding hydrogens is 426 g/mol. The first kappa shape index (κ1) is 22.5. The fourth-order valence-corrected chi connectivity index (χ4v) is 3.57. The zero-order chi connectivity index (χ0) is 22.5. The van der Waals surface area contributed by atoms with Crippen LogP contribution in [0.3, 0.4) is 0 Å². The van der Waals surface area contributed by atoms with Gasteiger partial charge >= 0.3 is 0 Å². The van der Waals surface area contributed by atoms with E-state index in [1.807, 2.05) is 25.1 Å². The van der Waals surface area contributed by atoms with Gasteiger partial charge in [-0.1, -0.05) is 17.8 Å². The van der Waals surface area contributed by atoms with Crippen LogP contribution in [0.5, 0.6) is 11.5 Å². The van der Waals surface area contributed by atoms with Crippen LogP contribution in [0, 0.1) is 11.6 Å². The number of hydrogen-bond donors (Lipinski definition) is 1. The van der Waals surface area contributed by atoms with E-state index in [0.29, 0.717) is 28.5 Å². The van der Waals surface area contributed by atoms with Crippen molar-refractivity contribution in [2.45, 2.75) is 30.4 Å². The van der Waals surface area contributed by atoms with E-state index in [4.69, 9.17) is 9.47 Å². The Morgan fingerprint density at radius 2 is 1.87 bits per heavy atom. The van der Waals surface area contributed by atoms with Crippen LogP contribution in [0.4, 0.5) is 14.5 Å². The Kier molecular flexibility index (Phi) is 7.11. The molecule has 10 heteroatoms. The second-order valence-corrected chi connectivity index (χ2v) is 8.02. The number of methoxy groups -OCH3 is 1. The molecule has 0 spiro atoms. The van der Waals surface area contributed by atoms with Gasteiger partial charge in [-0.15, -0.1) is 10.2 Å². The summed E-state index contributed by atoms with van der Waals surface area (Å²) in [6.45, 7) is 3.50. The Morgan fingerprint density at radius 1 is 1.13 bits per heavy atom. The summed E-state index contributed by atoms with van der Waals surface area (Å²) in [5, 5.41) is 10.7. The summed E-state index contributed by atoms with van der Waals surface area (Å²) in [4.78, 5) is 12.4. The van der Waals surface area contributed by atoms with Crippen LogP contribution >= 0.6 is 11.8 Å². The van der Waals surface area contributed by atoms with Gasteiger partial charge in [0.15, 0.2) is 17.1 Å². The van der Waals surface area contributed by atoms with Crippen molar-refractivity contribution >= 4 is 23.4 Å². The minimum absolute atomic E-state index is 0.0854. The van der Waals surface area contributed by atoms with Gasteiger partial charge in [0.1, 0.15) is 23.1 Å². The van der Waals surface area contributed by atoms with Gasteiger partial charge in [-0.3, -0.25) is 4.79 Å². The molecule has 0 saturated carbocycles. The number of nitrogens with one attached hydrogen (secondary N) is 1. The van der Waals surface area contributed by atoms with E-state index in [1.165, 1.54) is 6.07 Å². The van der Waals surface area contributed by atoms with E-state index < -0.39 is 28.9 Å². The number of rotatable bonds is 8. The molecule has 1 N–H and O–H groups in total. The summed E-state index contributed by atoms with van der Waals surface area (Å²) in [5.74, 6) is -0.123. The minimum atomic E-state index is -0.838. The maximum Gasteiger partial charge on any atom is 0.237 e. The topological polar surface area (TPSA) is 78.3 Å². The fraction of sp³-hybridized carbons (Fsp3) is 0.286. The van der Waals surface area contributed by atoms with Crippen molar-refractivity contribution in [1.82, 2.24) is 14.8 Å². The van der Waals surface area contributed by atoms with Crippen molar-refractivity contribution in [3.8, 4) is 11.5 Å². The van der Waals surface area contributed by atoms with E-state index in [2.05, 4.69) is 15.5 Å².